The molecule has 0 bridgehead atoms. The highest BCUT2D eigenvalue weighted by atomic mass is 32.2. The summed E-state index contributed by atoms with van der Waals surface area (Å²) in [4.78, 5) is 14.5. The molecule has 44 heavy (non-hydrogen) atoms. The maximum absolute atomic E-state index is 14.6. The lowest BCUT2D eigenvalue weighted by atomic mass is 9.61. The molecular weight excluding hydrogens is 589 g/mol. The van der Waals surface area contributed by atoms with Crippen molar-refractivity contribution in [3.05, 3.63) is 131 Å². The lowest BCUT2D eigenvalue weighted by molar-refractivity contribution is -0.128. The van der Waals surface area contributed by atoms with E-state index in [1.807, 2.05) is 75.4 Å². The molecule has 228 valence electrons. The largest absolute Gasteiger partial charge is 0.299 e. The van der Waals surface area contributed by atoms with Crippen LogP contribution in [0.5, 0.6) is 0 Å². The molecule has 2 aliphatic carbocycles. The van der Waals surface area contributed by atoms with Crippen molar-refractivity contribution in [2.45, 2.75) is 72.2 Å². The molecule has 0 heterocycles. The molecule has 4 aromatic carbocycles. The smallest absolute Gasteiger partial charge is 0.182 e. The van der Waals surface area contributed by atoms with Crippen LogP contribution in [0.3, 0.4) is 0 Å². The molecule has 0 aliphatic heterocycles. The van der Waals surface area contributed by atoms with Crippen molar-refractivity contribution in [2.24, 2.45) is 11.8 Å². The number of sulfone groups is 2. The topological polar surface area (TPSA) is 85.3 Å². The number of carbonyl (C=O) groups is 1. The SMILES string of the molecule is Cc1ccc(C2C[C@@H]3C(S(=O)(=O)c4ccc(C)cc4)C(c4ccccc4)CC(=O)[C@@H]3CC2S(=O)(=O)c2ccc(C)cc2)cc1. The van der Waals surface area contributed by atoms with Gasteiger partial charge in [-0.05, 0) is 74.9 Å². The van der Waals surface area contributed by atoms with E-state index in [0.717, 1.165) is 27.8 Å². The van der Waals surface area contributed by atoms with E-state index < -0.39 is 53.8 Å². The van der Waals surface area contributed by atoms with Crippen molar-refractivity contribution in [2.75, 3.05) is 0 Å². The second kappa shape index (κ2) is 11.8. The molecule has 7 heteroatoms. The van der Waals surface area contributed by atoms with Crippen molar-refractivity contribution >= 4 is 25.5 Å². The van der Waals surface area contributed by atoms with Gasteiger partial charge in [-0.15, -0.1) is 0 Å². The quantitative estimate of drug-likeness (QED) is 0.227. The van der Waals surface area contributed by atoms with Crippen molar-refractivity contribution in [1.82, 2.24) is 0 Å². The summed E-state index contributed by atoms with van der Waals surface area (Å²) in [5.74, 6) is -2.26. The highest BCUT2D eigenvalue weighted by Crippen LogP contribution is 2.54. The van der Waals surface area contributed by atoms with Crippen LogP contribution in [0.1, 0.15) is 58.9 Å². The second-order valence-corrected chi connectivity index (χ2v) is 16.9. The first-order chi connectivity index (χ1) is 21.0. The molecule has 0 N–H and O–H groups in total. The van der Waals surface area contributed by atoms with Gasteiger partial charge in [-0.25, -0.2) is 16.8 Å². The van der Waals surface area contributed by atoms with Crippen molar-refractivity contribution in [1.29, 1.82) is 0 Å². The average molecular weight is 627 g/mol. The van der Waals surface area contributed by atoms with Crippen LogP contribution in [0.25, 0.3) is 0 Å². The molecule has 0 spiro atoms. The number of rotatable bonds is 6. The van der Waals surface area contributed by atoms with E-state index in [0.29, 0.717) is 0 Å². The summed E-state index contributed by atoms with van der Waals surface area (Å²) in [6, 6.07) is 31.1. The molecule has 0 radical (unpaired) electrons. The monoisotopic (exact) mass is 626 g/mol. The van der Waals surface area contributed by atoms with Crippen molar-refractivity contribution in [3.63, 3.8) is 0 Å². The molecule has 2 fully saturated rings. The van der Waals surface area contributed by atoms with Crippen molar-refractivity contribution < 1.29 is 21.6 Å². The predicted octanol–water partition coefficient (Wildman–Crippen LogP) is 7.16. The van der Waals surface area contributed by atoms with Crippen LogP contribution >= 0.6 is 0 Å². The highest BCUT2D eigenvalue weighted by molar-refractivity contribution is 7.92. The fourth-order valence-corrected chi connectivity index (χ4v) is 11.8. The number of carbonyl (C=O) groups excluding carboxylic acids is 1. The second-order valence-electron chi connectivity index (χ2n) is 12.7. The third kappa shape index (κ3) is 5.56. The number of ketones is 1. The number of Topliss-reactive ketones (excluding diaryl/α,β-unsaturated/α-hetero) is 1. The van der Waals surface area contributed by atoms with E-state index in [1.54, 1.807) is 48.5 Å². The van der Waals surface area contributed by atoms with E-state index in [4.69, 9.17) is 0 Å². The third-order valence-corrected chi connectivity index (χ3v) is 14.4. The minimum Gasteiger partial charge on any atom is -0.299 e. The fourth-order valence-electron chi connectivity index (χ4n) is 7.46. The number of benzene rings is 4. The fraction of sp³-hybridized carbons (Fsp3) is 0.324. The van der Waals surface area contributed by atoms with Crippen LogP contribution < -0.4 is 0 Å². The van der Waals surface area contributed by atoms with Crippen LogP contribution in [-0.2, 0) is 24.5 Å². The standard InChI is InChI=1S/C37H38O5S2/c1-24-9-15-28(16-10-24)31-21-34-33(23-36(31)43(39,40)29-17-11-25(2)12-18-29)35(38)22-32(27-7-5-4-6-8-27)37(34)44(41,42)30-19-13-26(3)14-20-30/h4-20,31-34,36-37H,21-23H2,1-3H3/t31?,32?,33-,34+,36?,37?/m1/s1. The van der Waals surface area contributed by atoms with Crippen LogP contribution in [0.4, 0.5) is 0 Å². The maximum atomic E-state index is 14.6. The van der Waals surface area contributed by atoms with Gasteiger partial charge in [0.05, 0.1) is 20.3 Å². The minimum absolute atomic E-state index is 0.0503. The first kappa shape index (κ1) is 30.5. The van der Waals surface area contributed by atoms with Crippen LogP contribution in [0.15, 0.2) is 113 Å². The minimum atomic E-state index is -3.89. The zero-order chi connectivity index (χ0) is 31.2. The van der Waals surface area contributed by atoms with E-state index in [9.17, 15) is 21.6 Å². The van der Waals surface area contributed by atoms with E-state index in [-0.39, 0.29) is 34.8 Å². The number of hydrogen-bond donors (Lipinski definition) is 0. The molecule has 6 rings (SSSR count). The Labute approximate surface area is 261 Å². The van der Waals surface area contributed by atoms with E-state index >= 15 is 0 Å². The molecule has 4 aromatic rings. The zero-order valence-corrected chi connectivity index (χ0v) is 26.9. The number of aryl methyl sites for hydroxylation is 3. The van der Waals surface area contributed by atoms with Gasteiger partial charge < -0.3 is 0 Å². The van der Waals surface area contributed by atoms with Crippen LogP contribution in [0.2, 0.25) is 0 Å². The normalized spacial score (nSPS) is 25.8. The maximum Gasteiger partial charge on any atom is 0.182 e. The molecular formula is C37H38O5S2. The van der Waals surface area contributed by atoms with Gasteiger partial charge in [0.1, 0.15) is 5.78 Å². The highest BCUT2D eigenvalue weighted by Gasteiger charge is 2.56. The number of hydrogen-bond acceptors (Lipinski definition) is 5. The van der Waals surface area contributed by atoms with E-state index in [2.05, 4.69) is 0 Å². The Hall–Kier alpha value is -3.55. The molecule has 5 nitrogen and oxygen atoms in total. The van der Waals surface area contributed by atoms with Gasteiger partial charge in [-0.3, -0.25) is 4.79 Å². The van der Waals surface area contributed by atoms with Crippen molar-refractivity contribution in [3.8, 4) is 0 Å². The Morgan fingerprint density at radius 2 is 1.00 bits per heavy atom. The van der Waals surface area contributed by atoms with Gasteiger partial charge >= 0.3 is 0 Å². The van der Waals surface area contributed by atoms with E-state index in [1.165, 1.54) is 0 Å². The lowest BCUT2D eigenvalue weighted by Crippen LogP contribution is -2.53. The van der Waals surface area contributed by atoms with Gasteiger partial charge in [0.2, 0.25) is 0 Å². The molecule has 6 atom stereocenters. The Morgan fingerprint density at radius 3 is 1.55 bits per heavy atom. The van der Waals surface area contributed by atoms with Crippen LogP contribution in [-0.4, -0.2) is 33.1 Å². The van der Waals surface area contributed by atoms with Gasteiger partial charge in [0.15, 0.2) is 19.7 Å². The van der Waals surface area contributed by atoms with Gasteiger partial charge in [0, 0.05) is 24.2 Å². The molecule has 0 aromatic heterocycles. The van der Waals surface area contributed by atoms with Crippen LogP contribution in [0, 0.1) is 32.6 Å². The molecule has 0 saturated heterocycles. The first-order valence-corrected chi connectivity index (χ1v) is 18.3. The summed E-state index contributed by atoms with van der Waals surface area (Å²) >= 11 is 0. The lowest BCUT2D eigenvalue weighted by Gasteiger charge is -2.48. The third-order valence-electron chi connectivity index (χ3n) is 9.82. The van der Waals surface area contributed by atoms with Gasteiger partial charge in [-0.2, -0.15) is 0 Å². The summed E-state index contributed by atoms with van der Waals surface area (Å²) in [6.07, 6.45) is 0.446. The summed E-state index contributed by atoms with van der Waals surface area (Å²) in [6.45, 7) is 5.81. The summed E-state index contributed by atoms with van der Waals surface area (Å²) < 4.78 is 57.9. The average Bonchev–Trinajstić information content (AvgIpc) is 3.01. The summed E-state index contributed by atoms with van der Waals surface area (Å²) in [5, 5.41) is -1.72. The van der Waals surface area contributed by atoms with Gasteiger partial charge in [-0.1, -0.05) is 95.6 Å². The molecule has 2 aliphatic rings. The summed E-state index contributed by atoms with van der Waals surface area (Å²) in [5.41, 5.74) is 4.65. The Kier molecular flexibility index (Phi) is 8.14. The molecule has 4 unspecified atom stereocenters. The predicted molar refractivity (Wildman–Crippen MR) is 173 cm³/mol. The van der Waals surface area contributed by atoms with Gasteiger partial charge in [0.25, 0.3) is 0 Å². The zero-order valence-electron chi connectivity index (χ0n) is 25.3. The Balaban J connectivity index is 1.50. The Morgan fingerprint density at radius 1 is 0.523 bits per heavy atom. The molecule has 2 saturated carbocycles. The molecule has 0 amide bonds. The summed E-state index contributed by atoms with van der Waals surface area (Å²) in [7, 11) is -7.73. The Bertz CT molecular complexity index is 1860. The first-order valence-electron chi connectivity index (χ1n) is 15.2. The number of fused-ring (bicyclic) bond motifs is 1.